The first-order valence-corrected chi connectivity index (χ1v) is 2.15. The summed E-state index contributed by atoms with van der Waals surface area (Å²) in [6.45, 7) is 3.44. The summed E-state index contributed by atoms with van der Waals surface area (Å²) in [5.41, 5.74) is 0. The molecular weight excluding hydrogens is 114 g/mol. The third-order valence-corrected chi connectivity index (χ3v) is 0. The Hall–Kier alpha value is -0.125. The molecule has 0 unspecified atom stereocenters. The van der Waals surface area contributed by atoms with Gasteiger partial charge in [0, 0.05) is 6.10 Å². The molecule has 50 valence electrons. The predicted molar refractivity (Wildman–Crippen MR) is 28.7 cm³/mol. The topological polar surface area (TPSA) is 60.7 Å². The largest absolute Gasteiger partial charge is 0.674 e. The Labute approximate surface area is 48.0 Å². The molecular formula is C3H10BFO3. The van der Waals surface area contributed by atoms with E-state index in [0.717, 1.165) is 0 Å². The number of hydrogen-bond acceptors (Lipinski definition) is 3. The lowest BCUT2D eigenvalue weighted by molar-refractivity contribution is 0.216. The highest BCUT2D eigenvalue weighted by molar-refractivity contribution is 6.31. The number of rotatable bonds is 0. The molecule has 0 radical (unpaired) electrons. The Balaban J connectivity index is 0. The van der Waals surface area contributed by atoms with Gasteiger partial charge in [-0.15, -0.1) is 0 Å². The molecule has 8 heavy (non-hydrogen) atoms. The minimum atomic E-state index is -2.67. The molecule has 0 saturated heterocycles. The van der Waals surface area contributed by atoms with E-state index in [2.05, 4.69) is 0 Å². The Bertz CT molecular complexity index is 30.0. The van der Waals surface area contributed by atoms with Crippen molar-refractivity contribution in [2.45, 2.75) is 20.0 Å². The molecule has 0 aliphatic carbocycles. The second kappa shape index (κ2) is 6.87. The summed E-state index contributed by atoms with van der Waals surface area (Å²) in [6, 6.07) is 0. The summed E-state index contributed by atoms with van der Waals surface area (Å²) in [5.74, 6) is 0. The van der Waals surface area contributed by atoms with E-state index in [1.54, 1.807) is 13.8 Å². The maximum atomic E-state index is 10.1. The van der Waals surface area contributed by atoms with Crippen molar-refractivity contribution >= 4 is 7.40 Å². The van der Waals surface area contributed by atoms with Crippen LogP contribution in [-0.2, 0) is 0 Å². The van der Waals surface area contributed by atoms with Crippen molar-refractivity contribution in [1.82, 2.24) is 0 Å². The van der Waals surface area contributed by atoms with Gasteiger partial charge in [-0.2, -0.15) is 0 Å². The quantitative estimate of drug-likeness (QED) is 0.374. The number of aliphatic hydroxyl groups excluding tert-OH is 1. The summed E-state index contributed by atoms with van der Waals surface area (Å²) >= 11 is 0. The lowest BCUT2D eigenvalue weighted by atomic mass is 10.3. The van der Waals surface area contributed by atoms with Crippen molar-refractivity contribution in [1.29, 1.82) is 0 Å². The van der Waals surface area contributed by atoms with E-state index < -0.39 is 7.40 Å². The molecule has 0 fully saturated rings. The molecule has 0 amide bonds. The van der Waals surface area contributed by atoms with Crippen LogP contribution in [0.25, 0.3) is 0 Å². The van der Waals surface area contributed by atoms with Gasteiger partial charge in [-0.1, -0.05) is 0 Å². The number of hydrogen-bond donors (Lipinski definition) is 3. The standard InChI is InChI=1S/C3H8O.BFH2O2/c1-3(2)4;2-1(3)4/h3-4H,1-2H3;3-4H. The van der Waals surface area contributed by atoms with Gasteiger partial charge >= 0.3 is 7.40 Å². The Kier molecular flexibility index (Phi) is 9.27. The van der Waals surface area contributed by atoms with E-state index >= 15 is 0 Å². The molecule has 0 atom stereocenters. The van der Waals surface area contributed by atoms with Crippen molar-refractivity contribution < 1.29 is 19.5 Å². The number of aliphatic hydroxyl groups is 1. The first kappa shape index (κ1) is 10.8. The number of halogens is 1. The highest BCUT2D eigenvalue weighted by Gasteiger charge is 1.97. The van der Waals surface area contributed by atoms with Gasteiger partial charge in [0.15, 0.2) is 0 Å². The lowest BCUT2D eigenvalue weighted by Gasteiger charge is -1.80. The van der Waals surface area contributed by atoms with E-state index in [0.29, 0.717) is 0 Å². The van der Waals surface area contributed by atoms with Crippen LogP contribution in [0.3, 0.4) is 0 Å². The first-order chi connectivity index (χ1) is 3.46. The molecule has 0 heterocycles. The van der Waals surface area contributed by atoms with Crippen LogP contribution in [0.1, 0.15) is 13.8 Å². The van der Waals surface area contributed by atoms with Gasteiger partial charge in [0.2, 0.25) is 0 Å². The molecule has 0 spiro atoms. The molecule has 0 aliphatic heterocycles. The van der Waals surface area contributed by atoms with Crippen LogP contribution < -0.4 is 0 Å². The third-order valence-electron chi connectivity index (χ3n) is 0. The lowest BCUT2D eigenvalue weighted by Crippen LogP contribution is -1.98. The molecule has 0 aromatic carbocycles. The molecule has 3 N–H and O–H groups in total. The fraction of sp³-hybridized carbons (Fsp3) is 1.00. The van der Waals surface area contributed by atoms with Crippen LogP contribution in [0.15, 0.2) is 0 Å². The second-order valence-electron chi connectivity index (χ2n) is 1.40. The van der Waals surface area contributed by atoms with E-state index in [9.17, 15) is 4.32 Å². The molecule has 0 rings (SSSR count). The van der Waals surface area contributed by atoms with Crippen LogP contribution in [-0.4, -0.2) is 28.7 Å². The van der Waals surface area contributed by atoms with Crippen LogP contribution in [0.4, 0.5) is 4.32 Å². The minimum absolute atomic E-state index is 0.167. The molecule has 0 aliphatic rings. The van der Waals surface area contributed by atoms with Gasteiger partial charge in [-0.25, -0.2) is 0 Å². The van der Waals surface area contributed by atoms with Crippen molar-refractivity contribution in [2.75, 3.05) is 0 Å². The summed E-state index contributed by atoms with van der Waals surface area (Å²) in [6.07, 6.45) is -0.167. The van der Waals surface area contributed by atoms with Crippen LogP contribution in [0, 0.1) is 0 Å². The van der Waals surface area contributed by atoms with Crippen LogP contribution in [0.2, 0.25) is 0 Å². The van der Waals surface area contributed by atoms with E-state index in [4.69, 9.17) is 15.2 Å². The van der Waals surface area contributed by atoms with E-state index in [-0.39, 0.29) is 6.10 Å². The molecule has 0 aromatic heterocycles. The van der Waals surface area contributed by atoms with Gasteiger partial charge < -0.3 is 15.2 Å². The summed E-state index contributed by atoms with van der Waals surface area (Å²) in [5, 5.41) is 21.9. The second-order valence-corrected chi connectivity index (χ2v) is 1.40. The Morgan fingerprint density at radius 2 is 1.38 bits per heavy atom. The maximum Gasteiger partial charge on any atom is 0.674 e. The van der Waals surface area contributed by atoms with E-state index in [1.807, 2.05) is 0 Å². The molecule has 0 saturated carbocycles. The van der Waals surface area contributed by atoms with Crippen LogP contribution >= 0.6 is 0 Å². The minimum Gasteiger partial charge on any atom is -0.398 e. The SMILES string of the molecule is CC(C)O.OB(O)F. The summed E-state index contributed by atoms with van der Waals surface area (Å²) < 4.78 is 10.1. The van der Waals surface area contributed by atoms with Crippen molar-refractivity contribution in [3.05, 3.63) is 0 Å². The van der Waals surface area contributed by atoms with Crippen molar-refractivity contribution in [3.63, 3.8) is 0 Å². The highest BCUT2D eigenvalue weighted by atomic mass is 19.1. The maximum absolute atomic E-state index is 10.1. The molecule has 0 bridgehead atoms. The first-order valence-electron chi connectivity index (χ1n) is 2.15. The predicted octanol–water partition coefficient (Wildman–Crippen LogP) is -0.688. The Morgan fingerprint density at radius 1 is 1.38 bits per heavy atom. The zero-order chi connectivity index (χ0) is 7.15. The average molecular weight is 124 g/mol. The molecule has 0 aromatic rings. The normalized spacial score (nSPS) is 7.88. The Morgan fingerprint density at radius 3 is 1.38 bits per heavy atom. The van der Waals surface area contributed by atoms with Gasteiger partial charge in [-0.3, -0.25) is 4.32 Å². The molecule has 5 heteroatoms. The van der Waals surface area contributed by atoms with Gasteiger partial charge in [-0.05, 0) is 13.8 Å². The highest BCUT2D eigenvalue weighted by Crippen LogP contribution is 1.65. The molecule has 3 nitrogen and oxygen atoms in total. The van der Waals surface area contributed by atoms with Gasteiger partial charge in [0.25, 0.3) is 0 Å². The fourth-order valence-corrected chi connectivity index (χ4v) is 0. The third kappa shape index (κ3) is 8930. The van der Waals surface area contributed by atoms with Gasteiger partial charge in [0.05, 0.1) is 0 Å². The summed E-state index contributed by atoms with van der Waals surface area (Å²) in [4.78, 5) is 0. The zero-order valence-electron chi connectivity index (χ0n) is 4.87. The smallest absolute Gasteiger partial charge is 0.398 e. The van der Waals surface area contributed by atoms with Crippen LogP contribution in [0.5, 0.6) is 0 Å². The monoisotopic (exact) mass is 124 g/mol. The zero-order valence-corrected chi connectivity index (χ0v) is 4.87. The van der Waals surface area contributed by atoms with Gasteiger partial charge in [0.1, 0.15) is 0 Å². The summed E-state index contributed by atoms with van der Waals surface area (Å²) in [7, 11) is -2.67. The van der Waals surface area contributed by atoms with Crippen molar-refractivity contribution in [3.8, 4) is 0 Å². The van der Waals surface area contributed by atoms with E-state index in [1.165, 1.54) is 0 Å². The van der Waals surface area contributed by atoms with Crippen molar-refractivity contribution in [2.24, 2.45) is 0 Å². The average Bonchev–Trinajstić information content (AvgIpc) is 1.25. The fourth-order valence-electron chi connectivity index (χ4n) is 0.